The zero-order valence-corrected chi connectivity index (χ0v) is 16.7. The zero-order valence-electron chi connectivity index (χ0n) is 16.7. The van der Waals surface area contributed by atoms with Crippen molar-refractivity contribution in [3.63, 3.8) is 0 Å². The second-order valence-electron chi connectivity index (χ2n) is 7.07. The van der Waals surface area contributed by atoms with E-state index in [1.54, 1.807) is 24.4 Å². The molecule has 0 aliphatic heterocycles. The number of aromatic carboxylic acids is 1. The van der Waals surface area contributed by atoms with E-state index < -0.39 is 12.1 Å². The maximum Gasteiger partial charge on any atom is 0.336 e. The van der Waals surface area contributed by atoms with Gasteiger partial charge in [-0.3, -0.25) is 4.40 Å². The number of rotatable bonds is 6. The number of ether oxygens (including phenoxy) is 1. The average molecular weight is 402 g/mol. The molecule has 0 aliphatic carbocycles. The third-order valence-corrected chi connectivity index (χ3v) is 4.99. The van der Waals surface area contributed by atoms with Crippen molar-refractivity contribution in [3.05, 3.63) is 89.2 Å². The highest BCUT2D eigenvalue weighted by molar-refractivity contribution is 5.96. The van der Waals surface area contributed by atoms with Crippen LogP contribution in [-0.2, 0) is 0 Å². The summed E-state index contributed by atoms with van der Waals surface area (Å²) in [5.41, 5.74) is 4.73. The Balaban J connectivity index is 1.71. The number of carboxylic acid groups (broad SMARTS) is 1. The Bertz CT molecular complexity index is 1210. The number of aliphatic hydroxyl groups excluding tert-OH is 1. The average Bonchev–Trinajstić information content (AvgIpc) is 3.15. The smallest absolute Gasteiger partial charge is 0.336 e. The molecule has 30 heavy (non-hydrogen) atoms. The number of carbonyl (C=O) groups is 1. The van der Waals surface area contributed by atoms with Crippen LogP contribution < -0.4 is 4.74 Å². The second kappa shape index (κ2) is 8.00. The Labute approximate surface area is 174 Å². The van der Waals surface area contributed by atoms with Gasteiger partial charge in [-0.25, -0.2) is 4.79 Å². The fourth-order valence-electron chi connectivity index (χ4n) is 3.59. The monoisotopic (exact) mass is 402 g/mol. The molecule has 2 heterocycles. The molecule has 6 nitrogen and oxygen atoms in total. The lowest BCUT2D eigenvalue weighted by molar-refractivity contribution is 0.0697. The van der Waals surface area contributed by atoms with Crippen LogP contribution in [0.1, 0.15) is 40.2 Å². The van der Waals surface area contributed by atoms with E-state index >= 15 is 0 Å². The fraction of sp³-hybridized carbons (Fsp3) is 0.167. The number of hydrogen-bond donors (Lipinski definition) is 2. The van der Waals surface area contributed by atoms with Crippen LogP contribution >= 0.6 is 0 Å². The summed E-state index contributed by atoms with van der Waals surface area (Å²) in [4.78, 5) is 16.0. The Morgan fingerprint density at radius 2 is 1.87 bits per heavy atom. The van der Waals surface area contributed by atoms with Crippen LogP contribution in [-0.4, -0.2) is 32.2 Å². The van der Waals surface area contributed by atoms with Gasteiger partial charge in [-0.15, -0.1) is 0 Å². The number of hydrogen-bond acceptors (Lipinski definition) is 4. The largest absolute Gasteiger partial charge is 0.478 e. The summed E-state index contributed by atoms with van der Waals surface area (Å²) in [6, 6.07) is 18.0. The molecule has 0 radical (unpaired) electrons. The number of aryl methyl sites for hydroxylation is 1. The van der Waals surface area contributed by atoms with Crippen LogP contribution in [0.5, 0.6) is 5.88 Å². The third-order valence-electron chi connectivity index (χ3n) is 4.99. The molecule has 2 aromatic heterocycles. The van der Waals surface area contributed by atoms with Gasteiger partial charge in [0.05, 0.1) is 24.1 Å². The van der Waals surface area contributed by atoms with E-state index in [0.29, 0.717) is 35.0 Å². The molecule has 0 fully saturated rings. The first-order chi connectivity index (χ1) is 14.5. The van der Waals surface area contributed by atoms with Crippen LogP contribution in [0.15, 0.2) is 66.9 Å². The van der Waals surface area contributed by atoms with E-state index in [0.717, 1.165) is 11.1 Å². The molecule has 0 bridgehead atoms. The lowest BCUT2D eigenvalue weighted by Crippen LogP contribution is -2.06. The van der Waals surface area contributed by atoms with Gasteiger partial charge in [-0.05, 0) is 54.3 Å². The quantitative estimate of drug-likeness (QED) is 0.496. The molecule has 0 amide bonds. The van der Waals surface area contributed by atoms with Gasteiger partial charge in [0.15, 0.2) is 0 Å². The van der Waals surface area contributed by atoms with Crippen LogP contribution in [0, 0.1) is 6.92 Å². The molecular weight excluding hydrogens is 380 g/mol. The minimum absolute atomic E-state index is 0.244. The van der Waals surface area contributed by atoms with E-state index in [2.05, 4.69) is 4.98 Å². The SMILES string of the molecule is CCOc1cn2c([C@H](O)c3ccc(-c4ccccc4C(=O)O)cc3)cc(C)cc2n1. The highest BCUT2D eigenvalue weighted by atomic mass is 16.5. The zero-order chi connectivity index (χ0) is 21.3. The van der Waals surface area contributed by atoms with Gasteiger partial charge in [0, 0.05) is 0 Å². The van der Waals surface area contributed by atoms with Crippen molar-refractivity contribution in [2.45, 2.75) is 20.0 Å². The normalized spacial score (nSPS) is 12.1. The Morgan fingerprint density at radius 3 is 2.57 bits per heavy atom. The van der Waals surface area contributed by atoms with Gasteiger partial charge in [0.25, 0.3) is 0 Å². The number of nitrogens with zero attached hydrogens (tertiary/aromatic N) is 2. The standard InChI is InChI=1S/C24H22N2O4/c1-3-30-22-14-26-20(12-15(2)13-21(26)25-22)23(27)17-10-8-16(9-11-17)18-6-4-5-7-19(18)24(28)29/h4-14,23,27H,3H2,1-2H3,(H,28,29)/t23-/m1/s1. The fourth-order valence-corrected chi connectivity index (χ4v) is 3.59. The Kier molecular flexibility index (Phi) is 5.25. The molecule has 2 N–H and O–H groups in total. The lowest BCUT2D eigenvalue weighted by Gasteiger charge is -2.15. The summed E-state index contributed by atoms with van der Waals surface area (Å²) in [7, 11) is 0. The molecule has 4 aromatic rings. The van der Waals surface area contributed by atoms with Crippen molar-refractivity contribution in [1.29, 1.82) is 0 Å². The topological polar surface area (TPSA) is 84.1 Å². The number of aliphatic hydroxyl groups is 1. The first-order valence-electron chi connectivity index (χ1n) is 9.71. The molecule has 0 unspecified atom stereocenters. The summed E-state index contributed by atoms with van der Waals surface area (Å²) in [6.07, 6.45) is 0.897. The van der Waals surface area contributed by atoms with E-state index in [1.807, 2.05) is 60.7 Å². The predicted molar refractivity (Wildman–Crippen MR) is 114 cm³/mol. The van der Waals surface area contributed by atoms with Crippen molar-refractivity contribution >= 4 is 11.6 Å². The van der Waals surface area contributed by atoms with Crippen molar-refractivity contribution in [3.8, 4) is 17.0 Å². The van der Waals surface area contributed by atoms with Gasteiger partial charge in [-0.2, -0.15) is 4.98 Å². The third kappa shape index (κ3) is 3.65. The molecule has 4 rings (SSSR count). The molecule has 1 atom stereocenters. The van der Waals surface area contributed by atoms with Crippen LogP contribution in [0.2, 0.25) is 0 Å². The number of aromatic nitrogens is 2. The number of fused-ring (bicyclic) bond motifs is 1. The van der Waals surface area contributed by atoms with E-state index in [1.165, 1.54) is 0 Å². The van der Waals surface area contributed by atoms with Gasteiger partial charge in [-0.1, -0.05) is 42.5 Å². The molecule has 0 aliphatic rings. The summed E-state index contributed by atoms with van der Waals surface area (Å²) in [5.74, 6) is -0.459. The van der Waals surface area contributed by atoms with Crippen molar-refractivity contribution < 1.29 is 19.7 Å². The first-order valence-corrected chi connectivity index (χ1v) is 9.71. The lowest BCUT2D eigenvalue weighted by atomic mass is 9.97. The molecule has 0 saturated heterocycles. The van der Waals surface area contributed by atoms with Crippen LogP contribution in [0.4, 0.5) is 0 Å². The van der Waals surface area contributed by atoms with Gasteiger partial charge >= 0.3 is 5.97 Å². The van der Waals surface area contributed by atoms with Crippen molar-refractivity contribution in [2.24, 2.45) is 0 Å². The van der Waals surface area contributed by atoms with Crippen LogP contribution in [0.25, 0.3) is 16.8 Å². The van der Waals surface area contributed by atoms with E-state index in [-0.39, 0.29) is 5.56 Å². The minimum atomic E-state index is -0.970. The van der Waals surface area contributed by atoms with Gasteiger partial charge in [0.2, 0.25) is 5.88 Å². The molecule has 0 spiro atoms. The number of carboxylic acids is 1. The molecule has 152 valence electrons. The van der Waals surface area contributed by atoms with Gasteiger partial charge < -0.3 is 14.9 Å². The molecule has 2 aromatic carbocycles. The summed E-state index contributed by atoms with van der Waals surface area (Å²) in [6.45, 7) is 4.37. The van der Waals surface area contributed by atoms with Crippen molar-refractivity contribution in [1.82, 2.24) is 9.38 Å². The van der Waals surface area contributed by atoms with Crippen LogP contribution in [0.3, 0.4) is 0 Å². The number of pyridine rings is 1. The highest BCUT2D eigenvalue weighted by Gasteiger charge is 2.17. The maximum atomic E-state index is 11.5. The minimum Gasteiger partial charge on any atom is -0.478 e. The Morgan fingerprint density at radius 1 is 1.13 bits per heavy atom. The number of benzene rings is 2. The Hall–Kier alpha value is -3.64. The molecular formula is C24H22N2O4. The molecule has 6 heteroatoms. The first kappa shape index (κ1) is 19.7. The maximum absolute atomic E-state index is 11.5. The van der Waals surface area contributed by atoms with Gasteiger partial charge in [0.1, 0.15) is 11.8 Å². The molecule has 0 saturated carbocycles. The summed E-state index contributed by atoms with van der Waals surface area (Å²) < 4.78 is 7.33. The van der Waals surface area contributed by atoms with E-state index in [9.17, 15) is 15.0 Å². The summed E-state index contributed by atoms with van der Waals surface area (Å²) in [5, 5.41) is 20.5. The number of imidazole rings is 1. The van der Waals surface area contributed by atoms with Crippen molar-refractivity contribution in [2.75, 3.05) is 6.61 Å². The van der Waals surface area contributed by atoms with E-state index in [4.69, 9.17) is 4.74 Å². The highest BCUT2D eigenvalue weighted by Crippen LogP contribution is 2.29. The predicted octanol–water partition coefficient (Wildman–Crippen LogP) is 4.49. The second-order valence-corrected chi connectivity index (χ2v) is 7.07. The summed E-state index contributed by atoms with van der Waals surface area (Å²) >= 11 is 0.